The van der Waals surface area contributed by atoms with Crippen molar-refractivity contribution < 1.29 is 17.1 Å². The summed E-state index contributed by atoms with van der Waals surface area (Å²) < 4.78 is 3.36. The number of nitriles is 1. The van der Waals surface area contributed by atoms with Crippen LogP contribution in [0.25, 0.3) is 11.5 Å². The molecule has 30 heavy (non-hydrogen) atoms. The summed E-state index contributed by atoms with van der Waals surface area (Å²) in [7, 11) is 0. The Morgan fingerprint density at radius 2 is 1.60 bits per heavy atom. The third-order valence-electron chi connectivity index (χ3n) is 4.69. The second kappa shape index (κ2) is 8.70. The minimum absolute atomic E-state index is 0. The zero-order valence-corrected chi connectivity index (χ0v) is 16.8. The zero-order valence-electron chi connectivity index (χ0n) is 15.7. The van der Waals surface area contributed by atoms with Crippen LogP contribution in [0.4, 0.5) is 0 Å². The molecule has 2 heterocycles. The van der Waals surface area contributed by atoms with Gasteiger partial charge in [-0.05, 0) is 12.1 Å². The molecule has 0 spiro atoms. The average molecular weight is 439 g/mol. The van der Waals surface area contributed by atoms with E-state index in [1.54, 1.807) is 54.6 Å². The van der Waals surface area contributed by atoms with E-state index in [0.29, 0.717) is 5.69 Å². The van der Waals surface area contributed by atoms with Crippen LogP contribution in [0.5, 0.6) is 0 Å². The minimum Gasteiger partial charge on any atom is -0.383 e. The SMILES string of the molecule is N#CC1=C(N)n2c(=O)n(-c3ccccc3)c(=O)n2C1[c-]1cccc1.[Fe+2].c1cc[cH-]c1. The van der Waals surface area contributed by atoms with E-state index in [2.05, 4.69) is 0 Å². The molecule has 1 unspecified atom stereocenters. The second-order valence-electron chi connectivity index (χ2n) is 6.39. The molecule has 150 valence electrons. The van der Waals surface area contributed by atoms with Crippen LogP contribution in [0.15, 0.2) is 100 Å². The summed E-state index contributed by atoms with van der Waals surface area (Å²) >= 11 is 0. The van der Waals surface area contributed by atoms with Crippen molar-refractivity contribution in [3.8, 4) is 11.8 Å². The van der Waals surface area contributed by atoms with Crippen molar-refractivity contribution in [3.63, 3.8) is 0 Å². The normalized spacial score (nSPS) is 14.3. The second-order valence-corrected chi connectivity index (χ2v) is 6.39. The van der Waals surface area contributed by atoms with Gasteiger partial charge in [-0.15, -0.1) is 5.56 Å². The minimum atomic E-state index is -0.699. The number of allylic oxidation sites excluding steroid dienone is 1. The quantitative estimate of drug-likeness (QED) is 0.382. The fraction of sp³-hybridized carbons (Fsp3) is 0.0455. The Labute approximate surface area is 182 Å². The maximum Gasteiger partial charge on any atom is 2.00 e. The molecule has 0 aliphatic carbocycles. The number of nitrogens with zero attached hydrogens (tertiary/aromatic N) is 4. The molecule has 1 aromatic heterocycles. The third-order valence-corrected chi connectivity index (χ3v) is 4.69. The number of hydrogen-bond donors (Lipinski definition) is 1. The molecule has 2 N–H and O–H groups in total. The standard InChI is InChI=1S/C17H12N5O2.C5H5.Fe/c18-10-13-14(11-6-4-5-7-11)21-16(23)20(12-8-2-1-3-9-12)17(24)22(21)15(13)19;1-2-4-5-3-1;/h1-9,14H,19H2;1-5H;/q2*-1;+2. The molecule has 0 bridgehead atoms. The van der Waals surface area contributed by atoms with Gasteiger partial charge in [-0.1, -0.05) is 18.2 Å². The van der Waals surface area contributed by atoms with Crippen molar-refractivity contribution in [2.24, 2.45) is 5.73 Å². The van der Waals surface area contributed by atoms with Crippen LogP contribution >= 0.6 is 0 Å². The molecule has 0 saturated carbocycles. The summed E-state index contributed by atoms with van der Waals surface area (Å²) in [4.78, 5) is 25.7. The van der Waals surface area contributed by atoms with Gasteiger partial charge in [0, 0.05) is 0 Å². The van der Waals surface area contributed by atoms with Crippen LogP contribution < -0.4 is 17.1 Å². The van der Waals surface area contributed by atoms with Crippen molar-refractivity contribution in [2.75, 3.05) is 0 Å². The van der Waals surface area contributed by atoms with E-state index in [4.69, 9.17) is 5.73 Å². The summed E-state index contributed by atoms with van der Waals surface area (Å²) in [5.41, 5.74) is 6.25. The number of rotatable bonds is 2. The number of nitrogens with two attached hydrogens (primary N) is 1. The Bertz CT molecular complexity index is 1280. The predicted molar refractivity (Wildman–Crippen MR) is 110 cm³/mol. The van der Waals surface area contributed by atoms with E-state index in [1.807, 2.05) is 36.4 Å². The molecule has 3 aromatic carbocycles. The van der Waals surface area contributed by atoms with Crippen LogP contribution in [0.2, 0.25) is 0 Å². The molecule has 0 fully saturated rings. The Hall–Kier alpha value is -3.79. The van der Waals surface area contributed by atoms with E-state index in [0.717, 1.165) is 14.8 Å². The fourth-order valence-corrected chi connectivity index (χ4v) is 3.39. The van der Waals surface area contributed by atoms with Gasteiger partial charge in [0.1, 0.15) is 11.9 Å². The van der Waals surface area contributed by atoms with Crippen LogP contribution in [0.3, 0.4) is 0 Å². The van der Waals surface area contributed by atoms with Crippen molar-refractivity contribution in [1.29, 1.82) is 5.26 Å². The molecule has 1 aliphatic rings. The Morgan fingerprint density at radius 1 is 0.967 bits per heavy atom. The first-order valence-electron chi connectivity index (χ1n) is 8.95. The number of benzene rings is 1. The van der Waals surface area contributed by atoms with Crippen LogP contribution in [0.1, 0.15) is 11.6 Å². The number of para-hydroxylation sites is 1. The van der Waals surface area contributed by atoms with Gasteiger partial charge < -0.3 is 5.73 Å². The van der Waals surface area contributed by atoms with Crippen molar-refractivity contribution >= 4 is 5.82 Å². The van der Waals surface area contributed by atoms with Crippen LogP contribution in [-0.4, -0.2) is 13.9 Å². The maximum absolute atomic E-state index is 12.9. The first-order chi connectivity index (χ1) is 14.1. The van der Waals surface area contributed by atoms with Gasteiger partial charge >= 0.3 is 28.4 Å². The summed E-state index contributed by atoms with van der Waals surface area (Å²) in [6.07, 6.45) is 0. The van der Waals surface area contributed by atoms with E-state index in [9.17, 15) is 14.9 Å². The number of aromatic nitrogens is 3. The van der Waals surface area contributed by atoms with Gasteiger partial charge in [0.05, 0.1) is 17.3 Å². The molecule has 8 heteroatoms. The summed E-state index contributed by atoms with van der Waals surface area (Å²) in [6, 6.07) is 27.1. The monoisotopic (exact) mass is 439 g/mol. The van der Waals surface area contributed by atoms with E-state index in [-0.39, 0.29) is 28.5 Å². The zero-order chi connectivity index (χ0) is 20.4. The smallest absolute Gasteiger partial charge is 0.383 e. The molecule has 1 aliphatic heterocycles. The molecule has 0 radical (unpaired) electrons. The molecule has 0 amide bonds. The molecular formula is C22H17FeN5O2. The van der Waals surface area contributed by atoms with Crippen LogP contribution in [0, 0.1) is 11.3 Å². The van der Waals surface area contributed by atoms with Gasteiger partial charge in [0.25, 0.3) is 0 Å². The first kappa shape index (κ1) is 20.9. The molecule has 1 atom stereocenters. The van der Waals surface area contributed by atoms with Crippen LogP contribution in [-0.2, 0) is 17.1 Å². The molecule has 0 saturated heterocycles. The fourth-order valence-electron chi connectivity index (χ4n) is 3.39. The van der Waals surface area contributed by atoms with Gasteiger partial charge in [-0.3, -0.25) is 0 Å². The van der Waals surface area contributed by atoms with E-state index < -0.39 is 17.4 Å². The van der Waals surface area contributed by atoms with Gasteiger partial charge in [-0.2, -0.15) is 40.3 Å². The first-order valence-corrected chi connectivity index (χ1v) is 8.95. The largest absolute Gasteiger partial charge is 2.00 e. The van der Waals surface area contributed by atoms with Crippen molar-refractivity contribution in [2.45, 2.75) is 6.04 Å². The summed E-state index contributed by atoms with van der Waals surface area (Å²) in [5, 5.41) is 9.44. The Morgan fingerprint density at radius 3 is 2.13 bits per heavy atom. The van der Waals surface area contributed by atoms with Gasteiger partial charge in [0.2, 0.25) is 0 Å². The third kappa shape index (κ3) is 3.37. The van der Waals surface area contributed by atoms with E-state index >= 15 is 0 Å². The molecule has 5 rings (SSSR count). The Kier molecular flexibility index (Phi) is 6.07. The summed E-state index contributed by atoms with van der Waals surface area (Å²) in [6.45, 7) is 0. The van der Waals surface area contributed by atoms with Gasteiger partial charge in [0.15, 0.2) is 0 Å². The predicted octanol–water partition coefficient (Wildman–Crippen LogP) is 2.18. The molecule has 4 aromatic rings. The van der Waals surface area contributed by atoms with Crippen molar-refractivity contribution in [3.05, 3.63) is 117 Å². The average Bonchev–Trinajstić information content (AvgIpc) is 3.52. The Balaban J connectivity index is 0.000000376. The van der Waals surface area contributed by atoms with Gasteiger partial charge in [-0.25, -0.2) is 43.1 Å². The molecule has 7 nitrogen and oxygen atoms in total. The topological polar surface area (TPSA) is 98.7 Å². The van der Waals surface area contributed by atoms with Crippen molar-refractivity contribution in [1.82, 2.24) is 13.9 Å². The maximum atomic E-state index is 12.9. The van der Waals surface area contributed by atoms with E-state index in [1.165, 1.54) is 4.68 Å². The summed E-state index contributed by atoms with van der Waals surface area (Å²) in [5.74, 6) is -0.0134. The number of hydrogen-bond acceptors (Lipinski definition) is 4. The number of fused-ring (bicyclic) bond motifs is 1. The molecular weight excluding hydrogens is 422 g/mol.